The highest BCUT2D eigenvalue weighted by Gasteiger charge is 2.24. The average molecular weight is 359 g/mol. The van der Waals surface area contributed by atoms with Gasteiger partial charge in [0.05, 0.1) is 12.2 Å². The standard InChI is InChI=1S/C18H25N5OS/c24-18(19-15-4-1-2-5-15)17-12-23(21-20-17)16-6-3-8-22(11-16)10-14-7-9-25-13-14/h7,9,12-13,15-16H,1-6,8,10-11H2,(H,19,24)/t16-/m0/s1. The first-order valence-electron chi connectivity index (χ1n) is 9.24. The maximum Gasteiger partial charge on any atom is 0.273 e. The third-order valence-electron chi connectivity index (χ3n) is 5.27. The molecule has 134 valence electrons. The maximum absolute atomic E-state index is 12.3. The van der Waals surface area contributed by atoms with Gasteiger partial charge in [-0.2, -0.15) is 11.3 Å². The quantitative estimate of drug-likeness (QED) is 0.892. The molecule has 1 N–H and O–H groups in total. The molecule has 0 spiro atoms. The summed E-state index contributed by atoms with van der Waals surface area (Å²) in [5, 5.41) is 15.8. The normalized spacial score (nSPS) is 22.3. The van der Waals surface area contributed by atoms with Gasteiger partial charge >= 0.3 is 0 Å². The smallest absolute Gasteiger partial charge is 0.273 e. The molecule has 4 rings (SSSR count). The summed E-state index contributed by atoms with van der Waals surface area (Å²) in [6, 6.07) is 2.80. The Morgan fingerprint density at radius 2 is 2.16 bits per heavy atom. The van der Waals surface area contributed by atoms with E-state index in [1.165, 1.54) is 18.4 Å². The molecule has 0 unspecified atom stereocenters. The lowest BCUT2D eigenvalue weighted by Crippen LogP contribution is -2.36. The summed E-state index contributed by atoms with van der Waals surface area (Å²) >= 11 is 1.75. The Morgan fingerprint density at radius 1 is 1.28 bits per heavy atom. The van der Waals surface area contributed by atoms with Gasteiger partial charge in [-0.3, -0.25) is 9.69 Å². The third-order valence-corrected chi connectivity index (χ3v) is 6.01. The molecule has 25 heavy (non-hydrogen) atoms. The van der Waals surface area contributed by atoms with Crippen molar-refractivity contribution in [3.63, 3.8) is 0 Å². The van der Waals surface area contributed by atoms with Gasteiger partial charge in [0, 0.05) is 19.1 Å². The molecule has 2 aromatic heterocycles. The predicted octanol–water partition coefficient (Wildman–Crippen LogP) is 2.85. The third kappa shape index (κ3) is 4.10. The number of hydrogen-bond donors (Lipinski definition) is 1. The Labute approximate surface area is 152 Å². The van der Waals surface area contributed by atoms with Gasteiger partial charge in [0.25, 0.3) is 5.91 Å². The van der Waals surface area contributed by atoms with E-state index >= 15 is 0 Å². The molecule has 1 atom stereocenters. The van der Waals surface area contributed by atoms with Crippen LogP contribution in [-0.2, 0) is 6.54 Å². The predicted molar refractivity (Wildman–Crippen MR) is 97.6 cm³/mol. The molecule has 0 radical (unpaired) electrons. The summed E-state index contributed by atoms with van der Waals surface area (Å²) in [7, 11) is 0. The molecule has 1 aliphatic heterocycles. The fourth-order valence-corrected chi connectivity index (χ4v) is 4.58. The first-order chi connectivity index (χ1) is 12.3. The van der Waals surface area contributed by atoms with Crippen molar-refractivity contribution < 1.29 is 4.79 Å². The maximum atomic E-state index is 12.3. The molecule has 1 aliphatic carbocycles. The number of carbonyl (C=O) groups excluding carboxylic acids is 1. The van der Waals surface area contributed by atoms with Gasteiger partial charge in [-0.25, -0.2) is 4.68 Å². The molecule has 1 saturated heterocycles. The van der Waals surface area contributed by atoms with Crippen LogP contribution >= 0.6 is 11.3 Å². The van der Waals surface area contributed by atoms with Crippen molar-refractivity contribution in [1.82, 2.24) is 25.2 Å². The number of carbonyl (C=O) groups is 1. The molecular weight excluding hydrogens is 334 g/mol. The topological polar surface area (TPSA) is 63.1 Å². The van der Waals surface area contributed by atoms with Gasteiger partial charge in [0.15, 0.2) is 5.69 Å². The Morgan fingerprint density at radius 3 is 2.96 bits per heavy atom. The second kappa shape index (κ2) is 7.66. The Bertz CT molecular complexity index is 692. The zero-order chi connectivity index (χ0) is 17.1. The highest BCUT2D eigenvalue weighted by atomic mass is 32.1. The largest absolute Gasteiger partial charge is 0.348 e. The van der Waals surface area contributed by atoms with Crippen LogP contribution in [0, 0.1) is 0 Å². The van der Waals surface area contributed by atoms with E-state index in [-0.39, 0.29) is 5.91 Å². The Kier molecular flexibility index (Phi) is 5.12. The highest BCUT2D eigenvalue weighted by molar-refractivity contribution is 7.07. The molecular formula is C18H25N5OS. The van der Waals surface area contributed by atoms with Crippen LogP contribution in [0.4, 0.5) is 0 Å². The van der Waals surface area contributed by atoms with Crippen molar-refractivity contribution >= 4 is 17.2 Å². The van der Waals surface area contributed by atoms with Crippen LogP contribution in [0.1, 0.15) is 60.6 Å². The highest BCUT2D eigenvalue weighted by Crippen LogP contribution is 2.23. The number of amides is 1. The van der Waals surface area contributed by atoms with Crippen LogP contribution in [0.5, 0.6) is 0 Å². The van der Waals surface area contributed by atoms with E-state index in [2.05, 4.69) is 37.4 Å². The van der Waals surface area contributed by atoms with Gasteiger partial charge in [-0.1, -0.05) is 18.1 Å². The summed E-state index contributed by atoms with van der Waals surface area (Å²) in [5.74, 6) is -0.0795. The van der Waals surface area contributed by atoms with E-state index in [1.54, 1.807) is 11.3 Å². The molecule has 0 aromatic carbocycles. The molecule has 6 nitrogen and oxygen atoms in total. The summed E-state index contributed by atoms with van der Waals surface area (Å²) < 4.78 is 1.89. The van der Waals surface area contributed by atoms with Crippen molar-refractivity contribution in [2.45, 2.75) is 57.2 Å². The van der Waals surface area contributed by atoms with Crippen LogP contribution < -0.4 is 5.32 Å². The van der Waals surface area contributed by atoms with E-state index < -0.39 is 0 Å². The van der Waals surface area contributed by atoms with Gasteiger partial charge in [0.2, 0.25) is 0 Å². The fraction of sp³-hybridized carbons (Fsp3) is 0.611. The Balaban J connectivity index is 1.36. The summed E-state index contributed by atoms with van der Waals surface area (Å²) in [6.07, 6.45) is 8.65. The number of likely N-dealkylation sites (tertiary alicyclic amines) is 1. The minimum atomic E-state index is -0.0795. The fourth-order valence-electron chi connectivity index (χ4n) is 3.92. The van der Waals surface area contributed by atoms with Crippen molar-refractivity contribution in [1.29, 1.82) is 0 Å². The number of hydrogen-bond acceptors (Lipinski definition) is 5. The van der Waals surface area contributed by atoms with E-state index in [1.807, 2.05) is 10.9 Å². The van der Waals surface area contributed by atoms with E-state index in [0.29, 0.717) is 17.8 Å². The first kappa shape index (κ1) is 16.7. The number of aromatic nitrogens is 3. The van der Waals surface area contributed by atoms with Crippen molar-refractivity contribution in [2.24, 2.45) is 0 Å². The lowest BCUT2D eigenvalue weighted by Gasteiger charge is -2.32. The summed E-state index contributed by atoms with van der Waals surface area (Å²) in [4.78, 5) is 14.8. The molecule has 0 bridgehead atoms. The first-order valence-corrected chi connectivity index (χ1v) is 10.2. The molecule has 2 aliphatic rings. The van der Waals surface area contributed by atoms with Gasteiger partial charge in [-0.15, -0.1) is 5.10 Å². The molecule has 1 saturated carbocycles. The van der Waals surface area contributed by atoms with Crippen LogP contribution in [0.3, 0.4) is 0 Å². The molecule has 1 amide bonds. The number of thiophene rings is 1. The minimum Gasteiger partial charge on any atom is -0.348 e. The summed E-state index contributed by atoms with van der Waals surface area (Å²) in [5.41, 5.74) is 1.82. The van der Waals surface area contributed by atoms with Gasteiger partial charge < -0.3 is 5.32 Å². The lowest BCUT2D eigenvalue weighted by molar-refractivity contribution is 0.0932. The van der Waals surface area contributed by atoms with Crippen LogP contribution in [0.2, 0.25) is 0 Å². The van der Waals surface area contributed by atoms with Gasteiger partial charge in [0.1, 0.15) is 0 Å². The van der Waals surface area contributed by atoms with Crippen LogP contribution in [-0.4, -0.2) is 44.9 Å². The number of rotatable bonds is 5. The SMILES string of the molecule is O=C(NC1CCCC1)c1cn([C@H]2CCCN(Cc3ccsc3)C2)nn1. The Hall–Kier alpha value is -1.73. The van der Waals surface area contributed by atoms with Crippen LogP contribution in [0.25, 0.3) is 0 Å². The van der Waals surface area contributed by atoms with Crippen LogP contribution in [0.15, 0.2) is 23.0 Å². The van der Waals surface area contributed by atoms with E-state index in [4.69, 9.17) is 0 Å². The minimum absolute atomic E-state index is 0.0795. The zero-order valence-electron chi connectivity index (χ0n) is 14.4. The average Bonchev–Trinajstić information content (AvgIpc) is 3.38. The molecule has 7 heteroatoms. The molecule has 2 aromatic rings. The summed E-state index contributed by atoms with van der Waals surface area (Å²) in [6.45, 7) is 3.07. The van der Waals surface area contributed by atoms with Gasteiger partial charge in [-0.05, 0) is 54.6 Å². The van der Waals surface area contributed by atoms with E-state index in [9.17, 15) is 4.79 Å². The number of piperidine rings is 1. The van der Waals surface area contributed by atoms with Crippen molar-refractivity contribution in [3.8, 4) is 0 Å². The second-order valence-corrected chi connectivity index (χ2v) is 7.98. The van der Waals surface area contributed by atoms with Crippen molar-refractivity contribution in [2.75, 3.05) is 13.1 Å². The van der Waals surface area contributed by atoms with Crippen molar-refractivity contribution in [3.05, 3.63) is 34.3 Å². The number of nitrogens with one attached hydrogen (secondary N) is 1. The monoisotopic (exact) mass is 359 g/mol. The zero-order valence-corrected chi connectivity index (χ0v) is 15.2. The van der Waals surface area contributed by atoms with E-state index in [0.717, 1.165) is 45.3 Å². The second-order valence-electron chi connectivity index (χ2n) is 7.20. The molecule has 3 heterocycles. The molecule has 2 fully saturated rings. The number of nitrogens with zero attached hydrogens (tertiary/aromatic N) is 4. The lowest BCUT2D eigenvalue weighted by atomic mass is 10.1.